The van der Waals surface area contributed by atoms with E-state index in [2.05, 4.69) is 12.2 Å². The molecule has 1 N–H and O–H groups in total. The Bertz CT molecular complexity index is 525. The number of alkyl halides is 3. The zero-order valence-corrected chi connectivity index (χ0v) is 11.3. The number of hydrogen-bond acceptors (Lipinski definition) is 2. The third-order valence-electron chi connectivity index (χ3n) is 3.85. The molecule has 2 nitrogen and oxygen atoms in total. The van der Waals surface area contributed by atoms with Crippen LogP contribution in [0.3, 0.4) is 0 Å². The van der Waals surface area contributed by atoms with E-state index >= 15 is 0 Å². The van der Waals surface area contributed by atoms with Crippen molar-refractivity contribution in [1.29, 1.82) is 5.26 Å². The van der Waals surface area contributed by atoms with Crippen molar-refractivity contribution >= 4 is 5.69 Å². The first-order chi connectivity index (χ1) is 9.40. The molecule has 108 valence electrons. The molecule has 0 unspecified atom stereocenters. The average molecular weight is 282 g/mol. The standard InChI is InChI=1S/C15H17F3N2/c1-2-5-14(6-7-14)10-20-12-3-4-13(15(16,17)18)11(8-12)9-19/h3-4,8,20H,2,5-7,10H2,1H3. The van der Waals surface area contributed by atoms with Gasteiger partial charge in [0.15, 0.2) is 0 Å². The van der Waals surface area contributed by atoms with Crippen LogP contribution in [0.5, 0.6) is 0 Å². The highest BCUT2D eigenvalue weighted by molar-refractivity contribution is 5.53. The Hall–Kier alpha value is -1.70. The van der Waals surface area contributed by atoms with Crippen LogP contribution in [0.1, 0.15) is 43.7 Å². The Morgan fingerprint density at radius 2 is 2.05 bits per heavy atom. The van der Waals surface area contributed by atoms with Crippen LogP contribution in [0.4, 0.5) is 18.9 Å². The minimum atomic E-state index is -4.48. The van der Waals surface area contributed by atoms with Crippen LogP contribution >= 0.6 is 0 Å². The topological polar surface area (TPSA) is 35.8 Å². The minimum Gasteiger partial charge on any atom is -0.384 e. The first-order valence-corrected chi connectivity index (χ1v) is 6.75. The van der Waals surface area contributed by atoms with Gasteiger partial charge in [-0.2, -0.15) is 18.4 Å². The van der Waals surface area contributed by atoms with Gasteiger partial charge in [-0.3, -0.25) is 0 Å². The first-order valence-electron chi connectivity index (χ1n) is 6.75. The number of halogens is 3. The van der Waals surface area contributed by atoms with Gasteiger partial charge in [0.05, 0.1) is 17.2 Å². The summed E-state index contributed by atoms with van der Waals surface area (Å²) in [7, 11) is 0. The van der Waals surface area contributed by atoms with E-state index in [4.69, 9.17) is 5.26 Å². The maximum Gasteiger partial charge on any atom is 0.417 e. The van der Waals surface area contributed by atoms with Crippen LogP contribution in [-0.2, 0) is 6.18 Å². The second-order valence-electron chi connectivity index (χ2n) is 5.47. The summed E-state index contributed by atoms with van der Waals surface area (Å²) in [5.74, 6) is 0. The van der Waals surface area contributed by atoms with Gasteiger partial charge >= 0.3 is 6.18 Å². The van der Waals surface area contributed by atoms with Crippen LogP contribution in [-0.4, -0.2) is 6.54 Å². The van der Waals surface area contributed by atoms with E-state index in [0.717, 1.165) is 25.5 Å². The number of nitrogens with zero attached hydrogens (tertiary/aromatic N) is 1. The zero-order chi connectivity index (χ0) is 14.8. The summed E-state index contributed by atoms with van der Waals surface area (Å²) in [5.41, 5.74) is -0.315. The highest BCUT2D eigenvalue weighted by Gasteiger charge is 2.41. The Labute approximate surface area is 116 Å². The molecule has 0 heterocycles. The van der Waals surface area contributed by atoms with Crippen molar-refractivity contribution in [3.05, 3.63) is 29.3 Å². The average Bonchev–Trinajstić information content (AvgIpc) is 3.15. The van der Waals surface area contributed by atoms with Crippen LogP contribution in [0.15, 0.2) is 18.2 Å². The smallest absolute Gasteiger partial charge is 0.384 e. The first kappa shape index (κ1) is 14.7. The normalized spacial score (nSPS) is 16.6. The molecular formula is C15H17F3N2. The van der Waals surface area contributed by atoms with Gasteiger partial charge in [-0.25, -0.2) is 0 Å². The molecule has 0 aromatic heterocycles. The van der Waals surface area contributed by atoms with E-state index < -0.39 is 11.7 Å². The predicted molar refractivity (Wildman–Crippen MR) is 71.2 cm³/mol. The lowest BCUT2D eigenvalue weighted by Gasteiger charge is -2.17. The van der Waals surface area contributed by atoms with E-state index in [1.54, 1.807) is 6.07 Å². The van der Waals surface area contributed by atoms with Crippen molar-refractivity contribution in [2.45, 2.75) is 38.8 Å². The Kier molecular flexibility index (Phi) is 3.94. The molecule has 20 heavy (non-hydrogen) atoms. The van der Waals surface area contributed by atoms with Gasteiger partial charge in [0.25, 0.3) is 0 Å². The lowest BCUT2D eigenvalue weighted by molar-refractivity contribution is -0.137. The Balaban J connectivity index is 2.09. The number of nitrogens with one attached hydrogen (secondary N) is 1. The summed E-state index contributed by atoms with van der Waals surface area (Å²) in [6.45, 7) is 2.89. The van der Waals surface area contributed by atoms with Crippen LogP contribution in [0, 0.1) is 16.7 Å². The van der Waals surface area contributed by atoms with Crippen molar-refractivity contribution in [1.82, 2.24) is 0 Å². The van der Waals surface area contributed by atoms with E-state index in [-0.39, 0.29) is 5.56 Å². The quantitative estimate of drug-likeness (QED) is 0.858. The number of rotatable bonds is 5. The van der Waals surface area contributed by atoms with Gasteiger partial charge in [0.2, 0.25) is 0 Å². The monoisotopic (exact) mass is 282 g/mol. The van der Waals surface area contributed by atoms with Crippen molar-refractivity contribution in [3.63, 3.8) is 0 Å². The number of hydrogen-bond donors (Lipinski definition) is 1. The third kappa shape index (κ3) is 3.24. The van der Waals surface area contributed by atoms with Crippen molar-refractivity contribution in [2.24, 2.45) is 5.41 Å². The fourth-order valence-electron chi connectivity index (χ4n) is 2.51. The molecule has 2 rings (SSSR count). The van der Waals surface area contributed by atoms with Gasteiger partial charge in [-0.15, -0.1) is 0 Å². The number of anilines is 1. The summed E-state index contributed by atoms with van der Waals surface area (Å²) >= 11 is 0. The molecule has 1 fully saturated rings. The summed E-state index contributed by atoms with van der Waals surface area (Å²) in [6.07, 6.45) is 0.0898. The second-order valence-corrected chi connectivity index (χ2v) is 5.47. The predicted octanol–water partition coefficient (Wildman–Crippen LogP) is 4.57. The van der Waals surface area contributed by atoms with Crippen LogP contribution < -0.4 is 5.32 Å². The maximum atomic E-state index is 12.7. The van der Waals surface area contributed by atoms with E-state index in [9.17, 15) is 13.2 Å². The van der Waals surface area contributed by atoms with E-state index in [0.29, 0.717) is 11.1 Å². The molecule has 0 atom stereocenters. The van der Waals surface area contributed by atoms with Gasteiger partial charge in [-0.05, 0) is 42.9 Å². The summed E-state index contributed by atoms with van der Waals surface area (Å²) in [5, 5.41) is 12.0. The van der Waals surface area contributed by atoms with Gasteiger partial charge in [-0.1, -0.05) is 13.3 Å². The highest BCUT2D eigenvalue weighted by Crippen LogP contribution is 2.49. The molecular weight excluding hydrogens is 265 g/mol. The summed E-state index contributed by atoms with van der Waals surface area (Å²) in [6, 6.07) is 5.27. The fourth-order valence-corrected chi connectivity index (χ4v) is 2.51. The lowest BCUT2D eigenvalue weighted by atomic mass is 10.0. The SMILES string of the molecule is CCCC1(CNc2ccc(C(F)(F)F)c(C#N)c2)CC1. The molecule has 1 aromatic rings. The summed E-state index contributed by atoms with van der Waals surface area (Å²) in [4.78, 5) is 0. The molecule has 0 radical (unpaired) electrons. The molecule has 1 saturated carbocycles. The number of benzene rings is 1. The molecule has 5 heteroatoms. The fraction of sp³-hybridized carbons (Fsp3) is 0.533. The molecule has 0 amide bonds. The van der Waals surface area contributed by atoms with E-state index in [1.165, 1.54) is 25.0 Å². The molecule has 0 spiro atoms. The van der Waals surface area contributed by atoms with E-state index in [1.807, 2.05) is 0 Å². The summed E-state index contributed by atoms with van der Waals surface area (Å²) < 4.78 is 38.0. The molecule has 0 bridgehead atoms. The largest absolute Gasteiger partial charge is 0.417 e. The van der Waals surface area contributed by atoms with Gasteiger partial charge < -0.3 is 5.32 Å². The second kappa shape index (κ2) is 5.35. The van der Waals surface area contributed by atoms with Crippen molar-refractivity contribution < 1.29 is 13.2 Å². The number of nitriles is 1. The molecule has 1 aliphatic carbocycles. The van der Waals surface area contributed by atoms with Gasteiger partial charge in [0, 0.05) is 12.2 Å². The highest BCUT2D eigenvalue weighted by atomic mass is 19.4. The third-order valence-corrected chi connectivity index (χ3v) is 3.85. The Morgan fingerprint density at radius 1 is 1.35 bits per heavy atom. The van der Waals surface area contributed by atoms with Crippen molar-refractivity contribution in [2.75, 3.05) is 11.9 Å². The molecule has 1 aromatic carbocycles. The van der Waals surface area contributed by atoms with Crippen LogP contribution in [0.2, 0.25) is 0 Å². The van der Waals surface area contributed by atoms with Gasteiger partial charge in [0.1, 0.15) is 0 Å². The Morgan fingerprint density at radius 3 is 2.55 bits per heavy atom. The molecule has 0 saturated heterocycles. The van der Waals surface area contributed by atoms with Crippen molar-refractivity contribution in [3.8, 4) is 6.07 Å². The zero-order valence-electron chi connectivity index (χ0n) is 11.3. The molecule has 0 aliphatic heterocycles. The molecule has 1 aliphatic rings. The maximum absolute atomic E-state index is 12.7. The minimum absolute atomic E-state index is 0.310. The lowest BCUT2D eigenvalue weighted by Crippen LogP contribution is -2.15. The van der Waals surface area contributed by atoms with Crippen LogP contribution in [0.25, 0.3) is 0 Å².